The number of amides is 1. The fraction of sp³-hybridized carbons (Fsp3) is 0.0625. The van der Waals surface area contributed by atoms with Crippen LogP contribution >= 0.6 is 0 Å². The lowest BCUT2D eigenvalue weighted by Gasteiger charge is -2.09. The Morgan fingerprint density at radius 3 is 2.14 bits per heavy atom. The van der Waals surface area contributed by atoms with E-state index in [9.17, 15) is 18.0 Å². The average molecular weight is 304 g/mol. The summed E-state index contributed by atoms with van der Waals surface area (Å²) in [6.07, 6.45) is -4.95. The van der Waals surface area contributed by atoms with E-state index in [1.54, 1.807) is 35.6 Å². The zero-order valence-electron chi connectivity index (χ0n) is 11.2. The summed E-state index contributed by atoms with van der Waals surface area (Å²) < 4.78 is 36.9. The topological polar surface area (TPSA) is 55.1 Å². The molecule has 0 unspecified atom stereocenters. The fourth-order valence-electron chi connectivity index (χ4n) is 1.64. The first-order chi connectivity index (χ1) is 10.4. The predicted molar refractivity (Wildman–Crippen MR) is 78.0 cm³/mol. The van der Waals surface area contributed by atoms with Crippen molar-refractivity contribution in [3.8, 4) is 11.8 Å². The van der Waals surface area contributed by atoms with Crippen LogP contribution < -0.4 is 11.1 Å². The molecule has 112 valence electrons. The molecule has 22 heavy (non-hydrogen) atoms. The maximum Gasteiger partial charge on any atom is 0.471 e. The van der Waals surface area contributed by atoms with Crippen LogP contribution in [0.5, 0.6) is 0 Å². The van der Waals surface area contributed by atoms with Crippen molar-refractivity contribution in [2.45, 2.75) is 6.18 Å². The fourth-order valence-corrected chi connectivity index (χ4v) is 1.64. The largest absolute Gasteiger partial charge is 0.471 e. The van der Waals surface area contributed by atoms with Crippen molar-refractivity contribution in [1.29, 1.82) is 0 Å². The van der Waals surface area contributed by atoms with Gasteiger partial charge in [0.25, 0.3) is 0 Å². The van der Waals surface area contributed by atoms with Crippen molar-refractivity contribution in [2.75, 3.05) is 11.1 Å². The van der Waals surface area contributed by atoms with Crippen LogP contribution in [0.3, 0.4) is 0 Å². The third kappa shape index (κ3) is 3.79. The molecular weight excluding hydrogens is 293 g/mol. The van der Waals surface area contributed by atoms with Crippen molar-refractivity contribution in [1.82, 2.24) is 0 Å². The van der Waals surface area contributed by atoms with Crippen molar-refractivity contribution in [3.05, 3.63) is 59.7 Å². The van der Waals surface area contributed by atoms with Crippen molar-refractivity contribution >= 4 is 17.3 Å². The molecule has 0 aliphatic heterocycles. The third-order valence-electron chi connectivity index (χ3n) is 2.73. The first-order valence-corrected chi connectivity index (χ1v) is 6.21. The number of hydrogen-bond acceptors (Lipinski definition) is 2. The van der Waals surface area contributed by atoms with E-state index < -0.39 is 12.1 Å². The van der Waals surface area contributed by atoms with Gasteiger partial charge in [0.15, 0.2) is 0 Å². The molecule has 0 saturated heterocycles. The molecule has 0 heterocycles. The van der Waals surface area contributed by atoms with Crippen LogP contribution in [0.1, 0.15) is 11.1 Å². The third-order valence-corrected chi connectivity index (χ3v) is 2.73. The SMILES string of the molecule is Nc1ccccc1C#Cc1ccccc1NC(=O)C(F)(F)F. The molecule has 6 heteroatoms. The molecule has 0 radical (unpaired) electrons. The van der Waals surface area contributed by atoms with Crippen LogP contribution in [0.4, 0.5) is 24.5 Å². The summed E-state index contributed by atoms with van der Waals surface area (Å²) in [4.78, 5) is 11.0. The number of nitrogens with two attached hydrogens (primary N) is 1. The molecule has 0 aromatic heterocycles. The Kier molecular flexibility index (Phi) is 4.37. The van der Waals surface area contributed by atoms with E-state index in [0.717, 1.165) is 0 Å². The first-order valence-electron chi connectivity index (χ1n) is 6.21. The van der Waals surface area contributed by atoms with Gasteiger partial charge in [-0.15, -0.1) is 0 Å². The Hall–Kier alpha value is -2.94. The van der Waals surface area contributed by atoms with Gasteiger partial charge in [0.1, 0.15) is 0 Å². The van der Waals surface area contributed by atoms with E-state index in [1.807, 2.05) is 0 Å². The number of hydrogen-bond donors (Lipinski definition) is 2. The second kappa shape index (κ2) is 6.22. The van der Waals surface area contributed by atoms with Crippen molar-refractivity contribution in [2.24, 2.45) is 0 Å². The highest BCUT2D eigenvalue weighted by Gasteiger charge is 2.38. The molecule has 3 nitrogen and oxygen atoms in total. The standard InChI is InChI=1S/C16H11F3N2O/c17-16(18,19)15(22)21-14-8-4-2-6-12(14)10-9-11-5-1-3-7-13(11)20/h1-8H,20H2,(H,21,22). The number of rotatable bonds is 1. The summed E-state index contributed by atoms with van der Waals surface area (Å²) in [6, 6.07) is 12.8. The number of nitrogen functional groups attached to an aromatic ring is 1. The van der Waals surface area contributed by atoms with E-state index in [4.69, 9.17) is 5.73 Å². The summed E-state index contributed by atoms with van der Waals surface area (Å²) in [7, 11) is 0. The minimum absolute atomic E-state index is 0.00757. The number of alkyl halides is 3. The zero-order valence-corrected chi connectivity index (χ0v) is 11.2. The number of para-hydroxylation sites is 2. The molecule has 0 fully saturated rings. The summed E-state index contributed by atoms with van der Waals surface area (Å²) in [5.41, 5.74) is 7.02. The van der Waals surface area contributed by atoms with Gasteiger partial charge in [-0.2, -0.15) is 13.2 Å². The van der Waals surface area contributed by atoms with Crippen LogP contribution in [0.2, 0.25) is 0 Å². The van der Waals surface area contributed by atoms with E-state index in [2.05, 4.69) is 11.8 Å². The Balaban J connectivity index is 2.31. The minimum Gasteiger partial charge on any atom is -0.398 e. The lowest BCUT2D eigenvalue weighted by atomic mass is 10.1. The molecule has 0 bridgehead atoms. The highest BCUT2D eigenvalue weighted by atomic mass is 19.4. The molecule has 2 rings (SSSR count). The van der Waals surface area contributed by atoms with Crippen molar-refractivity contribution < 1.29 is 18.0 Å². The van der Waals surface area contributed by atoms with E-state index in [-0.39, 0.29) is 11.3 Å². The summed E-state index contributed by atoms with van der Waals surface area (Å²) in [6.45, 7) is 0. The molecule has 0 saturated carbocycles. The average Bonchev–Trinajstić information content (AvgIpc) is 2.47. The molecule has 0 aliphatic rings. The van der Waals surface area contributed by atoms with Gasteiger partial charge in [0.05, 0.1) is 5.69 Å². The van der Waals surface area contributed by atoms with E-state index in [1.165, 1.54) is 18.2 Å². The second-order valence-corrected chi connectivity index (χ2v) is 4.33. The van der Waals surface area contributed by atoms with Gasteiger partial charge in [-0.25, -0.2) is 0 Å². The van der Waals surface area contributed by atoms with Crippen LogP contribution in [0.25, 0.3) is 0 Å². The number of anilines is 2. The van der Waals surface area contributed by atoms with Gasteiger partial charge in [-0.1, -0.05) is 36.1 Å². The van der Waals surface area contributed by atoms with Crippen LogP contribution in [0.15, 0.2) is 48.5 Å². The monoisotopic (exact) mass is 304 g/mol. The zero-order chi connectivity index (χ0) is 16.2. The molecule has 0 spiro atoms. The van der Waals surface area contributed by atoms with Gasteiger partial charge in [-0.3, -0.25) is 4.79 Å². The Labute approximate surface area is 124 Å². The minimum atomic E-state index is -4.95. The van der Waals surface area contributed by atoms with Crippen molar-refractivity contribution in [3.63, 3.8) is 0 Å². The number of nitrogens with one attached hydrogen (secondary N) is 1. The maximum atomic E-state index is 12.3. The van der Waals surface area contributed by atoms with Crippen LogP contribution in [-0.2, 0) is 4.79 Å². The highest BCUT2D eigenvalue weighted by Crippen LogP contribution is 2.20. The lowest BCUT2D eigenvalue weighted by Crippen LogP contribution is -2.30. The second-order valence-electron chi connectivity index (χ2n) is 4.33. The molecular formula is C16H11F3N2O. The van der Waals surface area contributed by atoms with E-state index >= 15 is 0 Å². The van der Waals surface area contributed by atoms with Crippen LogP contribution in [0, 0.1) is 11.8 Å². The normalized spacial score (nSPS) is 10.5. The molecule has 2 aromatic rings. The van der Waals surface area contributed by atoms with Gasteiger partial charge in [0, 0.05) is 16.8 Å². The Bertz CT molecular complexity index is 758. The highest BCUT2D eigenvalue weighted by molar-refractivity contribution is 5.96. The Morgan fingerprint density at radius 2 is 1.50 bits per heavy atom. The number of carbonyl (C=O) groups is 1. The summed E-state index contributed by atoms with van der Waals surface area (Å²) >= 11 is 0. The molecule has 0 aliphatic carbocycles. The van der Waals surface area contributed by atoms with Crippen LogP contribution in [-0.4, -0.2) is 12.1 Å². The van der Waals surface area contributed by atoms with E-state index in [0.29, 0.717) is 11.3 Å². The summed E-state index contributed by atoms with van der Waals surface area (Å²) in [5, 5.41) is 1.80. The lowest BCUT2D eigenvalue weighted by molar-refractivity contribution is -0.167. The maximum absolute atomic E-state index is 12.3. The van der Waals surface area contributed by atoms with Gasteiger partial charge in [0.2, 0.25) is 0 Å². The number of benzene rings is 2. The number of halogens is 3. The Morgan fingerprint density at radius 1 is 0.955 bits per heavy atom. The molecule has 0 atom stereocenters. The van der Waals surface area contributed by atoms with Gasteiger partial charge in [-0.05, 0) is 24.3 Å². The quantitative estimate of drug-likeness (QED) is 0.628. The number of carbonyl (C=O) groups excluding carboxylic acids is 1. The van der Waals surface area contributed by atoms with Gasteiger partial charge < -0.3 is 11.1 Å². The molecule has 3 N–H and O–H groups in total. The molecule has 2 aromatic carbocycles. The predicted octanol–water partition coefficient (Wildman–Crippen LogP) is 3.17. The smallest absolute Gasteiger partial charge is 0.398 e. The van der Waals surface area contributed by atoms with Gasteiger partial charge >= 0.3 is 12.1 Å². The first kappa shape index (κ1) is 15.4. The summed E-state index contributed by atoms with van der Waals surface area (Å²) in [5.74, 6) is 3.45. The molecule has 1 amide bonds.